The van der Waals surface area contributed by atoms with Gasteiger partial charge < -0.3 is 10.1 Å². The molecule has 1 heterocycles. The van der Waals surface area contributed by atoms with E-state index in [1.54, 1.807) is 18.4 Å². The fourth-order valence-electron chi connectivity index (χ4n) is 2.05. The van der Waals surface area contributed by atoms with Crippen LogP contribution in [0.25, 0.3) is 0 Å². The molecule has 0 aliphatic heterocycles. The molecule has 2 rings (SSSR count). The van der Waals surface area contributed by atoms with Crippen LogP contribution in [-0.4, -0.2) is 19.1 Å². The molecule has 0 aliphatic rings. The fraction of sp³-hybridized carbons (Fsp3) is 0.357. The summed E-state index contributed by atoms with van der Waals surface area (Å²) < 4.78 is 6.48. The van der Waals surface area contributed by atoms with E-state index in [1.165, 1.54) is 0 Å². The molecule has 0 amide bonds. The molecule has 0 saturated carbocycles. The number of halogens is 1. The van der Waals surface area contributed by atoms with E-state index in [2.05, 4.69) is 37.7 Å². The predicted octanol–water partition coefficient (Wildman–Crippen LogP) is 3.73. The molecular formula is C14H17BrN2OS. The highest BCUT2D eigenvalue weighted by Crippen LogP contribution is 2.30. The number of hydrogen-bond donors (Lipinski definition) is 1. The minimum absolute atomic E-state index is 0.199. The first-order chi connectivity index (χ1) is 9.13. The predicted molar refractivity (Wildman–Crippen MR) is 83.0 cm³/mol. The normalized spacial score (nSPS) is 12.4. The topological polar surface area (TPSA) is 34.2 Å². The first-order valence-corrected chi connectivity index (χ1v) is 7.73. The summed E-state index contributed by atoms with van der Waals surface area (Å²) in [5.41, 5.74) is 2.27. The van der Waals surface area contributed by atoms with Gasteiger partial charge in [0.2, 0.25) is 0 Å². The molecule has 0 bridgehead atoms. The number of rotatable bonds is 5. The fourth-order valence-corrected chi connectivity index (χ4v) is 3.02. The summed E-state index contributed by atoms with van der Waals surface area (Å²) in [6.07, 6.45) is 0.860. The van der Waals surface area contributed by atoms with Crippen molar-refractivity contribution >= 4 is 27.3 Å². The van der Waals surface area contributed by atoms with Crippen molar-refractivity contribution in [3.8, 4) is 5.75 Å². The van der Waals surface area contributed by atoms with Gasteiger partial charge >= 0.3 is 0 Å². The number of thiazole rings is 1. The van der Waals surface area contributed by atoms with Gasteiger partial charge in [-0.3, -0.25) is 0 Å². The number of ether oxygens (including phenoxy) is 1. The minimum atomic E-state index is 0.199. The number of nitrogens with zero attached hydrogens (tertiary/aromatic N) is 1. The monoisotopic (exact) mass is 340 g/mol. The van der Waals surface area contributed by atoms with Crippen LogP contribution >= 0.6 is 27.3 Å². The van der Waals surface area contributed by atoms with E-state index < -0.39 is 0 Å². The van der Waals surface area contributed by atoms with Crippen molar-refractivity contribution in [2.24, 2.45) is 0 Å². The first kappa shape index (κ1) is 14.5. The maximum absolute atomic E-state index is 5.46. The number of aryl methyl sites for hydroxylation is 1. The molecule has 1 unspecified atom stereocenters. The van der Waals surface area contributed by atoms with E-state index >= 15 is 0 Å². The molecule has 1 atom stereocenters. The van der Waals surface area contributed by atoms with Crippen LogP contribution in [-0.2, 0) is 6.42 Å². The van der Waals surface area contributed by atoms with Crippen LogP contribution in [0.15, 0.2) is 28.1 Å². The lowest BCUT2D eigenvalue weighted by Gasteiger charge is -2.18. The van der Waals surface area contributed by atoms with Gasteiger partial charge in [-0.15, -0.1) is 11.3 Å². The van der Waals surface area contributed by atoms with E-state index in [9.17, 15) is 0 Å². The molecule has 0 radical (unpaired) electrons. The minimum Gasteiger partial charge on any atom is -0.496 e. The largest absolute Gasteiger partial charge is 0.496 e. The van der Waals surface area contributed by atoms with Crippen molar-refractivity contribution in [3.05, 3.63) is 44.3 Å². The molecular weight excluding hydrogens is 324 g/mol. The molecule has 1 aromatic carbocycles. The van der Waals surface area contributed by atoms with Crippen LogP contribution in [0.3, 0.4) is 0 Å². The van der Waals surface area contributed by atoms with Gasteiger partial charge in [-0.25, -0.2) is 4.98 Å². The maximum Gasteiger partial charge on any atom is 0.124 e. The Labute approximate surface area is 126 Å². The summed E-state index contributed by atoms with van der Waals surface area (Å²) in [6.45, 7) is 2.03. The highest BCUT2D eigenvalue weighted by atomic mass is 79.9. The second-order valence-electron chi connectivity index (χ2n) is 4.29. The van der Waals surface area contributed by atoms with Gasteiger partial charge in [0.25, 0.3) is 0 Å². The quantitative estimate of drug-likeness (QED) is 0.900. The zero-order chi connectivity index (χ0) is 13.8. The van der Waals surface area contributed by atoms with E-state index in [1.807, 2.05) is 26.1 Å². The van der Waals surface area contributed by atoms with E-state index in [0.29, 0.717) is 0 Å². The van der Waals surface area contributed by atoms with E-state index in [0.717, 1.165) is 32.9 Å². The standard InChI is InChI=1S/C14H17BrN2OS/c1-9-17-11(8-19-9)7-13(16-2)12-5-4-10(15)6-14(12)18-3/h4-6,8,13,16H,7H2,1-3H3. The van der Waals surface area contributed by atoms with Crippen LogP contribution < -0.4 is 10.1 Å². The number of likely N-dealkylation sites (N-methyl/N-ethyl adjacent to an activating group) is 1. The van der Waals surface area contributed by atoms with Crippen molar-refractivity contribution in [1.82, 2.24) is 10.3 Å². The molecule has 3 nitrogen and oxygen atoms in total. The Morgan fingerprint density at radius 3 is 2.84 bits per heavy atom. The molecule has 0 spiro atoms. The van der Waals surface area contributed by atoms with E-state index in [-0.39, 0.29) is 6.04 Å². The number of aromatic nitrogens is 1. The van der Waals surface area contributed by atoms with Crippen LogP contribution in [0.2, 0.25) is 0 Å². The molecule has 1 N–H and O–H groups in total. The van der Waals surface area contributed by atoms with Crippen molar-refractivity contribution in [2.45, 2.75) is 19.4 Å². The average Bonchev–Trinajstić information content (AvgIpc) is 2.81. The third-order valence-electron chi connectivity index (χ3n) is 3.00. The van der Waals surface area contributed by atoms with Crippen molar-refractivity contribution in [1.29, 1.82) is 0 Å². The Bertz CT molecular complexity index is 556. The Kier molecular flexibility index (Phi) is 4.96. The molecule has 2 aromatic rings. The van der Waals surface area contributed by atoms with Crippen LogP contribution in [0.4, 0.5) is 0 Å². The molecule has 0 aliphatic carbocycles. The summed E-state index contributed by atoms with van der Waals surface area (Å²) in [4.78, 5) is 4.53. The number of nitrogens with one attached hydrogen (secondary N) is 1. The van der Waals surface area contributed by atoms with Crippen LogP contribution in [0, 0.1) is 6.92 Å². The van der Waals surface area contributed by atoms with Crippen molar-refractivity contribution in [3.63, 3.8) is 0 Å². The van der Waals surface area contributed by atoms with Crippen molar-refractivity contribution < 1.29 is 4.74 Å². The summed E-state index contributed by atoms with van der Waals surface area (Å²) in [5.74, 6) is 0.890. The molecule has 1 aromatic heterocycles. The second kappa shape index (κ2) is 6.50. The summed E-state index contributed by atoms with van der Waals surface area (Å²) in [6, 6.07) is 6.31. The zero-order valence-electron chi connectivity index (χ0n) is 11.2. The highest BCUT2D eigenvalue weighted by molar-refractivity contribution is 9.10. The number of methoxy groups -OCH3 is 1. The van der Waals surface area contributed by atoms with Gasteiger partial charge in [0.1, 0.15) is 5.75 Å². The van der Waals surface area contributed by atoms with Gasteiger partial charge in [-0.1, -0.05) is 22.0 Å². The second-order valence-corrected chi connectivity index (χ2v) is 6.27. The number of hydrogen-bond acceptors (Lipinski definition) is 4. The first-order valence-electron chi connectivity index (χ1n) is 6.05. The van der Waals surface area contributed by atoms with Crippen LogP contribution in [0.1, 0.15) is 22.3 Å². The summed E-state index contributed by atoms with van der Waals surface area (Å²) in [5, 5.41) is 6.56. The third-order valence-corrected chi connectivity index (χ3v) is 4.31. The summed E-state index contributed by atoms with van der Waals surface area (Å²) >= 11 is 5.15. The van der Waals surface area contributed by atoms with Gasteiger partial charge in [0, 0.05) is 27.9 Å². The lowest BCUT2D eigenvalue weighted by molar-refractivity contribution is 0.400. The molecule has 102 valence electrons. The van der Waals surface area contributed by atoms with Gasteiger partial charge in [-0.2, -0.15) is 0 Å². The molecule has 19 heavy (non-hydrogen) atoms. The average molecular weight is 341 g/mol. The Hall–Kier alpha value is -0.910. The van der Waals surface area contributed by atoms with Gasteiger partial charge in [0.15, 0.2) is 0 Å². The Morgan fingerprint density at radius 1 is 1.47 bits per heavy atom. The highest BCUT2D eigenvalue weighted by Gasteiger charge is 2.16. The zero-order valence-corrected chi connectivity index (χ0v) is 13.6. The third kappa shape index (κ3) is 3.55. The lowest BCUT2D eigenvalue weighted by atomic mass is 10.0. The van der Waals surface area contributed by atoms with Gasteiger partial charge in [-0.05, 0) is 26.1 Å². The molecule has 5 heteroatoms. The van der Waals surface area contributed by atoms with Crippen LogP contribution in [0.5, 0.6) is 5.75 Å². The van der Waals surface area contributed by atoms with Gasteiger partial charge in [0.05, 0.1) is 17.8 Å². The summed E-state index contributed by atoms with van der Waals surface area (Å²) in [7, 11) is 3.66. The lowest BCUT2D eigenvalue weighted by Crippen LogP contribution is -2.19. The Morgan fingerprint density at radius 2 is 2.26 bits per heavy atom. The SMILES string of the molecule is CNC(Cc1csc(C)n1)c1ccc(Br)cc1OC. The smallest absolute Gasteiger partial charge is 0.124 e. The Balaban J connectivity index is 2.26. The van der Waals surface area contributed by atoms with E-state index in [4.69, 9.17) is 4.74 Å². The number of benzene rings is 1. The molecule has 0 saturated heterocycles. The molecule has 0 fully saturated rings. The van der Waals surface area contributed by atoms with Crippen molar-refractivity contribution in [2.75, 3.05) is 14.2 Å². The maximum atomic E-state index is 5.46.